The van der Waals surface area contributed by atoms with E-state index >= 15 is 0 Å². The number of rotatable bonds is 10. The molecule has 1 atom stereocenters. The maximum Gasteiger partial charge on any atom is 1.00 e. The van der Waals surface area contributed by atoms with E-state index in [1.807, 2.05) is 14.0 Å². The summed E-state index contributed by atoms with van der Waals surface area (Å²) >= 11 is 0. The number of nitrogens with one attached hydrogen (secondary N) is 1. The summed E-state index contributed by atoms with van der Waals surface area (Å²) in [5.74, 6) is -0.0821. The Labute approximate surface area is 227 Å². The van der Waals surface area contributed by atoms with Crippen molar-refractivity contribution in [1.82, 2.24) is 28.1 Å². The quantitative estimate of drug-likeness (QED) is 0.311. The Kier molecular flexibility index (Phi) is 18.1. The normalized spacial score (nSPS) is 14.4. The number of hydrogen-bond acceptors (Lipinski definition) is 6. The van der Waals surface area contributed by atoms with Gasteiger partial charge in [-0.2, -0.15) is 0 Å². The van der Waals surface area contributed by atoms with Gasteiger partial charge < -0.3 is 28.1 Å². The largest absolute Gasteiger partial charge is 1.00 e. The molecule has 0 aliphatic carbocycles. The molecule has 1 N–H and O–H groups in total. The van der Waals surface area contributed by atoms with Crippen molar-refractivity contribution in [1.29, 1.82) is 0 Å². The molecule has 0 radical (unpaired) electrons. The Hall–Kier alpha value is 1.76. The molecular formula is C19H50FKN6Si2. The fourth-order valence-electron chi connectivity index (χ4n) is 3.23. The maximum atomic E-state index is 14.0. The first kappa shape index (κ1) is 35.4. The molecule has 10 heteroatoms. The first-order valence-corrected chi connectivity index (χ1v) is 14.5. The predicted octanol–water partition coefficient (Wildman–Crippen LogP) is -1.32. The third-order valence-electron chi connectivity index (χ3n) is 5.97. The van der Waals surface area contributed by atoms with Crippen LogP contribution in [0.1, 0.15) is 20.8 Å². The van der Waals surface area contributed by atoms with E-state index in [1.54, 1.807) is 13.8 Å². The van der Waals surface area contributed by atoms with E-state index < -0.39 is 22.6 Å². The standard InChI is InChI=1S/C12H29FN3Si.C7H21N3Si.K/c1-11(12(2,3)13)10-17(14(4)5,15(6)7)16(8)9;1-8-7-11(6,9(2)3)10(4)5;/h10-11H,1-9H3;8H,7H2,1-6H3;/q-1;;+1. The van der Waals surface area contributed by atoms with Gasteiger partial charge in [0, 0.05) is 6.17 Å². The molecule has 0 aliphatic heterocycles. The molecule has 0 aromatic heterocycles. The molecular weight excluding hydrogens is 427 g/mol. The summed E-state index contributed by atoms with van der Waals surface area (Å²) in [7, 11) is 19.6. The summed E-state index contributed by atoms with van der Waals surface area (Å²) in [6.45, 7) is 7.60. The van der Waals surface area contributed by atoms with E-state index in [1.165, 1.54) is 0 Å². The average Bonchev–Trinajstić information content (AvgIpc) is 2.50. The van der Waals surface area contributed by atoms with Crippen LogP contribution in [-0.2, 0) is 0 Å². The zero-order chi connectivity index (χ0) is 23.1. The first-order chi connectivity index (χ1) is 12.4. The van der Waals surface area contributed by atoms with Crippen LogP contribution >= 0.6 is 0 Å². The summed E-state index contributed by atoms with van der Waals surface area (Å²) in [5, 5.41) is 3.25. The third kappa shape index (κ3) is 10.5. The third-order valence-corrected chi connectivity index (χ3v) is 15.7. The van der Waals surface area contributed by atoms with E-state index in [0.29, 0.717) is 0 Å². The van der Waals surface area contributed by atoms with Gasteiger partial charge in [-0.3, -0.25) is 6.04 Å². The molecule has 0 heterocycles. The van der Waals surface area contributed by atoms with Crippen LogP contribution in [-0.4, -0.2) is 129 Å². The minimum atomic E-state index is -2.07. The monoisotopic (exact) mass is 476 g/mol. The summed E-state index contributed by atoms with van der Waals surface area (Å²) < 4.78 is 25.4. The Morgan fingerprint density at radius 2 is 1.14 bits per heavy atom. The van der Waals surface area contributed by atoms with Gasteiger partial charge in [0.1, 0.15) is 8.56 Å². The van der Waals surface area contributed by atoms with Crippen LogP contribution in [0.2, 0.25) is 6.55 Å². The summed E-state index contributed by atoms with van der Waals surface area (Å²) in [6.07, 6.45) is 1.10. The Balaban J connectivity index is -0.000000491. The van der Waals surface area contributed by atoms with Gasteiger partial charge >= 0.3 is 51.4 Å². The van der Waals surface area contributed by atoms with E-state index in [2.05, 4.69) is 111 Å². The number of hydrogen-bond donors (Lipinski definition) is 1. The van der Waals surface area contributed by atoms with Crippen LogP contribution < -0.4 is 56.7 Å². The van der Waals surface area contributed by atoms with E-state index in [0.717, 1.165) is 6.17 Å². The van der Waals surface area contributed by atoms with Gasteiger partial charge in [0.15, 0.2) is 0 Å². The Bertz CT molecular complexity index is 402. The van der Waals surface area contributed by atoms with Gasteiger partial charge in [-0.05, 0) is 97.9 Å². The van der Waals surface area contributed by atoms with Gasteiger partial charge in [-0.25, -0.2) is 4.39 Å². The average molecular weight is 477 g/mol. The zero-order valence-electron chi connectivity index (χ0n) is 22.5. The fourth-order valence-corrected chi connectivity index (χ4v) is 9.70. The second-order valence-corrected chi connectivity index (χ2v) is 18.4. The summed E-state index contributed by atoms with van der Waals surface area (Å²) in [4.78, 5) is 0. The second kappa shape index (κ2) is 14.8. The predicted molar refractivity (Wildman–Crippen MR) is 128 cm³/mol. The molecule has 0 spiro atoms. The molecule has 172 valence electrons. The molecule has 0 rings (SSSR count). The number of halogens is 1. The smallest absolute Gasteiger partial charge is 0.326 e. The Morgan fingerprint density at radius 1 is 0.828 bits per heavy atom. The number of nitrogens with zero attached hydrogens (tertiary/aromatic N) is 5. The van der Waals surface area contributed by atoms with Crippen molar-refractivity contribution in [3.63, 3.8) is 0 Å². The SMILES string of the molecule is CC([CH-][Si](N(C)C)(N(C)C)N(C)C)C(C)(C)F.CNC[Si](C)(N(C)C)N(C)C.[K+]. The summed E-state index contributed by atoms with van der Waals surface area (Å²) in [6, 6.07) is 2.20. The molecule has 0 aliphatic rings. The van der Waals surface area contributed by atoms with Gasteiger partial charge in [-0.15, -0.1) is 5.92 Å². The van der Waals surface area contributed by atoms with Crippen molar-refractivity contribution in [3.8, 4) is 0 Å². The number of alkyl halides is 1. The van der Waals surface area contributed by atoms with Gasteiger partial charge in [0.2, 0.25) is 8.40 Å². The topological polar surface area (TPSA) is 28.2 Å². The molecule has 0 saturated heterocycles. The van der Waals surface area contributed by atoms with E-state index in [-0.39, 0.29) is 57.3 Å². The van der Waals surface area contributed by atoms with Crippen LogP contribution in [0.5, 0.6) is 0 Å². The summed E-state index contributed by atoms with van der Waals surface area (Å²) in [5.41, 5.74) is -1.18. The van der Waals surface area contributed by atoms with Crippen LogP contribution in [0.15, 0.2) is 0 Å². The van der Waals surface area contributed by atoms with E-state index in [4.69, 9.17) is 0 Å². The minimum Gasteiger partial charge on any atom is -0.326 e. The molecule has 0 bridgehead atoms. The fraction of sp³-hybridized carbons (Fsp3) is 0.947. The van der Waals surface area contributed by atoms with Crippen molar-refractivity contribution in [2.75, 3.05) is 83.7 Å². The molecule has 0 aromatic carbocycles. The van der Waals surface area contributed by atoms with E-state index in [9.17, 15) is 4.39 Å². The minimum absolute atomic E-state index is 0. The maximum absolute atomic E-state index is 14.0. The molecule has 0 aromatic rings. The molecule has 0 fully saturated rings. The van der Waals surface area contributed by atoms with Crippen LogP contribution in [0, 0.1) is 12.0 Å². The van der Waals surface area contributed by atoms with Gasteiger partial charge in [0.25, 0.3) is 0 Å². The van der Waals surface area contributed by atoms with Gasteiger partial charge in [-0.1, -0.05) is 6.92 Å². The van der Waals surface area contributed by atoms with Crippen molar-refractivity contribution in [2.45, 2.75) is 33.0 Å². The van der Waals surface area contributed by atoms with Crippen LogP contribution in [0.4, 0.5) is 4.39 Å². The van der Waals surface area contributed by atoms with Crippen LogP contribution in [0.25, 0.3) is 0 Å². The van der Waals surface area contributed by atoms with Crippen molar-refractivity contribution >= 4 is 17.0 Å². The molecule has 0 amide bonds. The van der Waals surface area contributed by atoms with Crippen molar-refractivity contribution in [2.24, 2.45) is 5.92 Å². The van der Waals surface area contributed by atoms with Crippen molar-refractivity contribution < 1.29 is 55.8 Å². The van der Waals surface area contributed by atoms with Crippen molar-refractivity contribution in [3.05, 3.63) is 6.04 Å². The second-order valence-electron chi connectivity index (χ2n) is 9.43. The van der Waals surface area contributed by atoms with Crippen LogP contribution in [0.3, 0.4) is 0 Å². The first-order valence-electron chi connectivity index (χ1n) is 9.97. The van der Waals surface area contributed by atoms with Gasteiger partial charge in [0.05, 0.1) is 5.67 Å². The molecule has 6 nitrogen and oxygen atoms in total. The zero-order valence-corrected chi connectivity index (χ0v) is 27.6. The molecule has 1 unspecified atom stereocenters. The molecule has 29 heavy (non-hydrogen) atoms. The Morgan fingerprint density at radius 3 is 1.28 bits per heavy atom. The molecule has 0 saturated carbocycles.